The number of halogens is 1. The average molecular weight is 451 g/mol. The van der Waals surface area contributed by atoms with Crippen LogP contribution in [0.15, 0.2) is 72.8 Å². The van der Waals surface area contributed by atoms with Gasteiger partial charge in [0.1, 0.15) is 18.9 Å². The summed E-state index contributed by atoms with van der Waals surface area (Å²) in [5, 5.41) is 3.07. The number of nitrogens with zero attached hydrogens (tertiary/aromatic N) is 1. The van der Waals surface area contributed by atoms with Gasteiger partial charge >= 0.3 is 0 Å². The summed E-state index contributed by atoms with van der Waals surface area (Å²) in [6.45, 7) is 1.61. The van der Waals surface area contributed by atoms with Crippen molar-refractivity contribution in [2.75, 3.05) is 24.7 Å². The van der Waals surface area contributed by atoms with Crippen LogP contribution in [0.3, 0.4) is 0 Å². The highest BCUT2D eigenvalue weighted by atomic mass is 35.5. The molecule has 4 rings (SSSR count). The number of hydrogen-bond acceptors (Lipinski definition) is 4. The summed E-state index contributed by atoms with van der Waals surface area (Å²) in [6.07, 6.45) is 0. The SMILES string of the molecule is O=C1CN(C(=O)c2ccc(OCCOCc3ccccc3)cc2Cl)c2ccccc2CN1. The van der Waals surface area contributed by atoms with Crippen LogP contribution >= 0.6 is 11.6 Å². The average Bonchev–Trinajstić information content (AvgIpc) is 2.98. The van der Waals surface area contributed by atoms with E-state index in [4.69, 9.17) is 21.1 Å². The quantitative estimate of drug-likeness (QED) is 0.547. The minimum absolute atomic E-state index is 0.0663. The molecule has 32 heavy (non-hydrogen) atoms. The van der Waals surface area contributed by atoms with E-state index >= 15 is 0 Å². The summed E-state index contributed by atoms with van der Waals surface area (Å²) in [7, 11) is 0. The van der Waals surface area contributed by atoms with Crippen LogP contribution in [0.4, 0.5) is 5.69 Å². The first-order valence-electron chi connectivity index (χ1n) is 10.3. The highest BCUT2D eigenvalue weighted by molar-refractivity contribution is 6.34. The lowest BCUT2D eigenvalue weighted by atomic mass is 10.1. The standard InChI is InChI=1S/C25H23ClN2O4/c26-22-14-20(32-13-12-31-17-18-6-2-1-3-7-18)10-11-21(22)25(30)28-16-24(29)27-15-19-8-4-5-9-23(19)28/h1-11,14H,12-13,15-17H2,(H,27,29). The van der Waals surface area contributed by atoms with Crippen LogP contribution < -0.4 is 15.0 Å². The number of nitrogens with one attached hydrogen (secondary N) is 1. The molecule has 0 spiro atoms. The summed E-state index contributed by atoms with van der Waals surface area (Å²) in [5.41, 5.74) is 2.98. The van der Waals surface area contributed by atoms with Crippen LogP contribution in [0.1, 0.15) is 21.5 Å². The van der Waals surface area contributed by atoms with E-state index in [0.717, 1.165) is 11.1 Å². The van der Waals surface area contributed by atoms with Crippen molar-refractivity contribution >= 4 is 29.1 Å². The third kappa shape index (κ3) is 5.28. The van der Waals surface area contributed by atoms with E-state index in [1.807, 2.05) is 54.6 Å². The molecule has 0 aromatic heterocycles. The van der Waals surface area contributed by atoms with Crippen LogP contribution in [-0.2, 0) is 22.7 Å². The van der Waals surface area contributed by atoms with Crippen molar-refractivity contribution in [3.05, 3.63) is 94.5 Å². The molecule has 0 fully saturated rings. The van der Waals surface area contributed by atoms with Gasteiger partial charge < -0.3 is 14.8 Å². The zero-order valence-electron chi connectivity index (χ0n) is 17.4. The smallest absolute Gasteiger partial charge is 0.260 e. The molecule has 1 N–H and O–H groups in total. The van der Waals surface area contributed by atoms with Crippen molar-refractivity contribution in [3.8, 4) is 5.75 Å². The van der Waals surface area contributed by atoms with E-state index in [1.165, 1.54) is 4.90 Å². The van der Waals surface area contributed by atoms with Gasteiger partial charge in [0.15, 0.2) is 0 Å². The molecule has 2 amide bonds. The third-order valence-electron chi connectivity index (χ3n) is 5.08. The molecule has 0 atom stereocenters. The predicted octanol–water partition coefficient (Wildman–Crippen LogP) is 4.21. The van der Waals surface area contributed by atoms with Gasteiger partial charge in [-0.05, 0) is 35.4 Å². The lowest BCUT2D eigenvalue weighted by Crippen LogP contribution is -2.38. The zero-order valence-corrected chi connectivity index (χ0v) is 18.2. The Balaban J connectivity index is 1.38. The first-order chi connectivity index (χ1) is 15.6. The normalized spacial score (nSPS) is 13.2. The maximum Gasteiger partial charge on any atom is 0.260 e. The minimum atomic E-state index is -0.336. The highest BCUT2D eigenvalue weighted by Gasteiger charge is 2.26. The topological polar surface area (TPSA) is 67.9 Å². The first kappa shape index (κ1) is 21.9. The number of carbonyl (C=O) groups excluding carboxylic acids is 2. The van der Waals surface area contributed by atoms with E-state index in [-0.39, 0.29) is 23.4 Å². The van der Waals surface area contributed by atoms with Gasteiger partial charge in [0, 0.05) is 12.2 Å². The number of ether oxygens (including phenoxy) is 2. The van der Waals surface area contributed by atoms with Gasteiger partial charge in [0.2, 0.25) is 5.91 Å². The number of benzene rings is 3. The molecular weight excluding hydrogens is 428 g/mol. The van der Waals surface area contributed by atoms with E-state index in [2.05, 4.69) is 5.32 Å². The van der Waals surface area contributed by atoms with Crippen molar-refractivity contribution in [3.63, 3.8) is 0 Å². The summed E-state index contributed by atoms with van der Waals surface area (Å²) < 4.78 is 11.3. The van der Waals surface area contributed by atoms with Gasteiger partial charge in [-0.3, -0.25) is 14.5 Å². The van der Waals surface area contributed by atoms with Crippen LogP contribution in [-0.4, -0.2) is 31.6 Å². The highest BCUT2D eigenvalue weighted by Crippen LogP contribution is 2.28. The van der Waals surface area contributed by atoms with Gasteiger partial charge in [-0.25, -0.2) is 0 Å². The first-order valence-corrected chi connectivity index (χ1v) is 10.7. The largest absolute Gasteiger partial charge is 0.491 e. The molecule has 0 unspecified atom stereocenters. The van der Waals surface area contributed by atoms with Crippen molar-refractivity contribution in [2.45, 2.75) is 13.2 Å². The number of para-hydroxylation sites is 1. The minimum Gasteiger partial charge on any atom is -0.491 e. The van der Waals surface area contributed by atoms with Gasteiger partial charge in [0.25, 0.3) is 5.91 Å². The third-order valence-corrected chi connectivity index (χ3v) is 5.40. The van der Waals surface area contributed by atoms with E-state index < -0.39 is 0 Å². The van der Waals surface area contributed by atoms with Crippen molar-refractivity contribution in [1.29, 1.82) is 0 Å². The monoisotopic (exact) mass is 450 g/mol. The lowest BCUT2D eigenvalue weighted by Gasteiger charge is -2.22. The summed E-state index contributed by atoms with van der Waals surface area (Å²) in [5.74, 6) is -0.0118. The molecule has 7 heteroatoms. The Bertz CT molecular complexity index is 1100. The number of anilines is 1. The van der Waals surface area contributed by atoms with Gasteiger partial charge in [-0.15, -0.1) is 0 Å². The molecule has 1 aliphatic heterocycles. The maximum absolute atomic E-state index is 13.2. The van der Waals surface area contributed by atoms with Crippen LogP contribution in [0.5, 0.6) is 5.75 Å². The number of amides is 2. The summed E-state index contributed by atoms with van der Waals surface area (Å²) in [6, 6.07) is 22.3. The fourth-order valence-electron chi connectivity index (χ4n) is 3.47. The molecule has 0 radical (unpaired) electrons. The molecule has 0 saturated heterocycles. The van der Waals surface area contributed by atoms with E-state index in [9.17, 15) is 9.59 Å². The fraction of sp³-hybridized carbons (Fsp3) is 0.200. The molecule has 1 heterocycles. The maximum atomic E-state index is 13.2. The molecule has 0 bridgehead atoms. The van der Waals surface area contributed by atoms with Crippen LogP contribution in [0.25, 0.3) is 0 Å². The van der Waals surface area contributed by atoms with Gasteiger partial charge in [-0.1, -0.05) is 60.1 Å². The lowest BCUT2D eigenvalue weighted by molar-refractivity contribution is -0.119. The van der Waals surface area contributed by atoms with Crippen LogP contribution in [0, 0.1) is 0 Å². The van der Waals surface area contributed by atoms with Gasteiger partial charge in [0.05, 0.1) is 23.8 Å². The van der Waals surface area contributed by atoms with Crippen molar-refractivity contribution < 1.29 is 19.1 Å². The van der Waals surface area contributed by atoms with Crippen LogP contribution in [0.2, 0.25) is 5.02 Å². The second kappa shape index (κ2) is 10.3. The Morgan fingerprint density at radius 2 is 1.78 bits per heavy atom. The van der Waals surface area contributed by atoms with E-state index in [0.29, 0.717) is 43.4 Å². The number of hydrogen-bond donors (Lipinski definition) is 1. The molecule has 6 nitrogen and oxygen atoms in total. The Labute approximate surface area is 191 Å². The number of fused-ring (bicyclic) bond motifs is 1. The predicted molar refractivity (Wildman–Crippen MR) is 123 cm³/mol. The number of carbonyl (C=O) groups is 2. The Hall–Kier alpha value is -3.35. The molecule has 1 aliphatic rings. The van der Waals surface area contributed by atoms with E-state index in [1.54, 1.807) is 18.2 Å². The van der Waals surface area contributed by atoms with Crippen molar-refractivity contribution in [1.82, 2.24) is 5.32 Å². The summed E-state index contributed by atoms with van der Waals surface area (Å²) >= 11 is 6.41. The van der Waals surface area contributed by atoms with Gasteiger partial charge in [-0.2, -0.15) is 0 Å². The zero-order chi connectivity index (χ0) is 22.3. The van der Waals surface area contributed by atoms with Crippen molar-refractivity contribution in [2.24, 2.45) is 0 Å². The Morgan fingerprint density at radius 3 is 2.59 bits per heavy atom. The molecule has 164 valence electrons. The Kier molecular flexibility index (Phi) is 7.04. The summed E-state index contributed by atoms with van der Waals surface area (Å²) in [4.78, 5) is 26.8. The second-order valence-corrected chi connectivity index (χ2v) is 7.73. The number of rotatable bonds is 7. The second-order valence-electron chi connectivity index (χ2n) is 7.33. The fourth-order valence-corrected chi connectivity index (χ4v) is 3.72. The Morgan fingerprint density at radius 1 is 1.00 bits per heavy atom. The molecule has 0 aliphatic carbocycles. The molecular formula is C25H23ClN2O4. The molecule has 3 aromatic rings. The molecule has 3 aromatic carbocycles. The molecule has 0 saturated carbocycles.